The van der Waals surface area contributed by atoms with Crippen LogP contribution in [-0.2, 0) is 4.79 Å². The monoisotopic (exact) mass is 577 g/mol. The summed E-state index contributed by atoms with van der Waals surface area (Å²) >= 11 is 6.31. The summed E-state index contributed by atoms with van der Waals surface area (Å²) in [4.78, 5) is 26.6. The summed E-state index contributed by atoms with van der Waals surface area (Å²) in [5.41, 5.74) is 6.67. The molecule has 0 fully saturated rings. The molecule has 0 saturated heterocycles. The number of nitrogens with two attached hydrogens (primary N) is 1. The fourth-order valence-electron chi connectivity index (χ4n) is 4.03. The first-order valence-electron chi connectivity index (χ1n) is 12.3. The Balaban J connectivity index is 1.74. The highest BCUT2D eigenvalue weighted by Gasteiger charge is 2.23. The topological polar surface area (TPSA) is 130 Å². The van der Waals surface area contributed by atoms with Crippen molar-refractivity contribution >= 4 is 46.8 Å². The van der Waals surface area contributed by atoms with E-state index in [0.29, 0.717) is 24.2 Å². The number of carbonyl (C=O) groups is 1. The number of aldehydes is 1. The van der Waals surface area contributed by atoms with Crippen molar-refractivity contribution in [2.24, 2.45) is 4.99 Å². The lowest BCUT2D eigenvalue weighted by molar-refractivity contribution is -0.104. The minimum Gasteiger partial charge on any atom is -0.494 e. The molecule has 1 aromatic heterocycles. The Labute approximate surface area is 240 Å². The normalized spacial score (nSPS) is 13.4. The van der Waals surface area contributed by atoms with Crippen LogP contribution in [0.2, 0.25) is 0 Å². The maximum atomic E-state index is 14.9. The number of anilines is 3. The second-order valence-corrected chi connectivity index (χ2v) is 9.09. The van der Waals surface area contributed by atoms with E-state index < -0.39 is 17.3 Å². The number of halogens is 3. The average molecular weight is 578 g/mol. The van der Waals surface area contributed by atoms with Gasteiger partial charge in [-0.15, -0.1) is 0 Å². The molecule has 0 radical (unpaired) electrons. The fourth-order valence-corrected chi connectivity index (χ4v) is 4.26. The molecule has 3 aromatic rings. The largest absolute Gasteiger partial charge is 0.494 e. The highest BCUT2D eigenvalue weighted by atomic mass is 35.5. The van der Waals surface area contributed by atoms with E-state index >= 15 is 0 Å². The summed E-state index contributed by atoms with van der Waals surface area (Å²) in [5, 5.41) is 12.0. The van der Waals surface area contributed by atoms with Crippen molar-refractivity contribution in [1.82, 2.24) is 9.97 Å². The van der Waals surface area contributed by atoms with Crippen LogP contribution in [0.15, 0.2) is 88.3 Å². The predicted molar refractivity (Wildman–Crippen MR) is 157 cm³/mol. The van der Waals surface area contributed by atoms with Crippen LogP contribution in [0.4, 0.5) is 26.1 Å². The first kappa shape index (κ1) is 29.1. The number of nitrogens with one attached hydrogen (secondary N) is 2. The predicted octanol–water partition coefficient (Wildman–Crippen LogP) is 5.24. The number of benzene rings is 2. The number of aliphatic imine (C=N–C) groups is 1. The van der Waals surface area contributed by atoms with Crippen LogP contribution in [0.1, 0.15) is 17.5 Å². The van der Waals surface area contributed by atoms with E-state index in [9.17, 15) is 13.6 Å². The van der Waals surface area contributed by atoms with Gasteiger partial charge < -0.3 is 20.7 Å². The Kier molecular flexibility index (Phi) is 9.20. The lowest BCUT2D eigenvalue weighted by atomic mass is 10.0. The van der Waals surface area contributed by atoms with Gasteiger partial charge in [0.2, 0.25) is 5.82 Å². The second kappa shape index (κ2) is 13.0. The van der Waals surface area contributed by atoms with E-state index in [2.05, 4.69) is 15.3 Å². The van der Waals surface area contributed by atoms with Gasteiger partial charge in [-0.2, -0.15) is 4.39 Å². The highest BCUT2D eigenvalue weighted by molar-refractivity contribution is 6.33. The van der Waals surface area contributed by atoms with Crippen molar-refractivity contribution in [1.29, 1.82) is 5.41 Å². The Morgan fingerprint density at radius 3 is 2.68 bits per heavy atom. The number of amidine groups is 1. The van der Waals surface area contributed by atoms with E-state index in [1.165, 1.54) is 25.6 Å². The summed E-state index contributed by atoms with van der Waals surface area (Å²) in [6.07, 6.45) is 7.58. The molecule has 0 unspecified atom stereocenters. The van der Waals surface area contributed by atoms with Gasteiger partial charge in [-0.05, 0) is 36.8 Å². The van der Waals surface area contributed by atoms with Gasteiger partial charge in [0.1, 0.15) is 23.8 Å². The molecule has 1 aliphatic carbocycles. The first-order valence-corrected chi connectivity index (χ1v) is 12.7. The first-order chi connectivity index (χ1) is 19.8. The SMILES string of the molecule is COc1ccc(C(=N)c2c(N)ncnc2NC/C(=N/C2=CCC=CC(Cl)=C2C=O)N(C)c2ccccc2)c(F)c1F. The number of nitrogens with zero attached hydrogens (tertiary/aromatic N) is 4. The van der Waals surface area contributed by atoms with E-state index in [-0.39, 0.29) is 45.7 Å². The molecular formula is C29H26ClF2N7O2. The van der Waals surface area contributed by atoms with Gasteiger partial charge in [-0.1, -0.05) is 42.0 Å². The molecule has 4 N–H and O–H groups in total. The number of carbonyl (C=O) groups excluding carboxylic acids is 1. The molecule has 2 aromatic carbocycles. The number of ether oxygens (including phenoxy) is 1. The Morgan fingerprint density at radius 1 is 1.22 bits per heavy atom. The average Bonchev–Trinajstić information content (AvgIpc) is 3.16. The maximum absolute atomic E-state index is 14.9. The van der Waals surface area contributed by atoms with E-state index in [1.54, 1.807) is 24.1 Å². The highest BCUT2D eigenvalue weighted by Crippen LogP contribution is 2.28. The van der Waals surface area contributed by atoms with Crippen LogP contribution in [0.3, 0.4) is 0 Å². The molecule has 1 heterocycles. The third-order valence-corrected chi connectivity index (χ3v) is 6.55. The third kappa shape index (κ3) is 6.30. The number of para-hydroxylation sites is 1. The van der Waals surface area contributed by atoms with Crippen LogP contribution in [0.25, 0.3) is 0 Å². The molecule has 9 nitrogen and oxygen atoms in total. The van der Waals surface area contributed by atoms with E-state index in [4.69, 9.17) is 32.5 Å². The summed E-state index contributed by atoms with van der Waals surface area (Å²) < 4.78 is 34.1. The van der Waals surface area contributed by atoms with Crippen molar-refractivity contribution in [3.05, 3.63) is 106 Å². The van der Waals surface area contributed by atoms with Crippen molar-refractivity contribution in [2.45, 2.75) is 6.42 Å². The van der Waals surface area contributed by atoms with E-state index in [0.717, 1.165) is 5.69 Å². The molecule has 0 saturated carbocycles. The number of nitrogen functional groups attached to an aromatic ring is 1. The molecule has 0 spiro atoms. The van der Waals surface area contributed by atoms with Crippen LogP contribution < -0.4 is 20.7 Å². The lowest BCUT2D eigenvalue weighted by Gasteiger charge is -2.23. The molecule has 0 amide bonds. The van der Waals surface area contributed by atoms with Crippen LogP contribution in [0, 0.1) is 17.0 Å². The standard InChI is InChI=1S/C29H26ClF2N7O2/c1-39(17-8-4-3-5-9-17)23(38-21-11-7-6-10-20(30)19(21)15-40)14-35-29-24(28(34)36-16-37-29)27(33)18-12-13-22(41-2)26(32)25(18)31/h3-6,8-13,15-16,33H,7,14H2,1-2H3,(H3,34,35,36,37)/b33-27?,38-23-. The maximum Gasteiger partial charge on any atom is 0.201 e. The Morgan fingerprint density at radius 2 is 1.98 bits per heavy atom. The van der Waals surface area contributed by atoms with Gasteiger partial charge in [0, 0.05) is 18.3 Å². The molecule has 0 aliphatic heterocycles. The molecule has 210 valence electrons. The fraction of sp³-hybridized carbons (Fsp3) is 0.138. The number of hydrogen-bond donors (Lipinski definition) is 3. The van der Waals surface area contributed by atoms with Gasteiger partial charge in [-0.3, -0.25) is 10.2 Å². The quantitative estimate of drug-likeness (QED) is 0.180. The van der Waals surface area contributed by atoms with Crippen LogP contribution in [0.5, 0.6) is 5.75 Å². The number of aromatic nitrogens is 2. The Bertz CT molecular complexity index is 1600. The molecule has 4 rings (SSSR count). The van der Waals surface area contributed by atoms with E-state index in [1.807, 2.05) is 36.4 Å². The van der Waals surface area contributed by atoms with Gasteiger partial charge >= 0.3 is 0 Å². The second-order valence-electron chi connectivity index (χ2n) is 8.68. The molecule has 1 aliphatic rings. The van der Waals surface area contributed by atoms with Gasteiger partial charge in [0.15, 0.2) is 17.9 Å². The van der Waals surface area contributed by atoms with Gasteiger partial charge in [0.05, 0.1) is 41.2 Å². The van der Waals surface area contributed by atoms with Crippen LogP contribution in [-0.4, -0.2) is 48.5 Å². The van der Waals surface area contributed by atoms with Crippen molar-refractivity contribution < 1.29 is 18.3 Å². The minimum atomic E-state index is -1.27. The minimum absolute atomic E-state index is 0.0239. The number of hydrogen-bond acceptors (Lipinski definition) is 8. The number of allylic oxidation sites excluding steroid dienone is 5. The summed E-state index contributed by atoms with van der Waals surface area (Å²) in [6, 6.07) is 11.8. The molecule has 12 heteroatoms. The van der Waals surface area contributed by atoms with Crippen molar-refractivity contribution in [3.63, 3.8) is 0 Å². The number of rotatable bonds is 9. The van der Waals surface area contributed by atoms with Crippen molar-refractivity contribution in [2.75, 3.05) is 36.7 Å². The van der Waals surface area contributed by atoms with Gasteiger partial charge in [0.25, 0.3) is 0 Å². The zero-order chi connectivity index (χ0) is 29.5. The lowest BCUT2D eigenvalue weighted by Crippen LogP contribution is -2.33. The van der Waals surface area contributed by atoms with Gasteiger partial charge in [-0.25, -0.2) is 19.4 Å². The zero-order valence-corrected chi connectivity index (χ0v) is 22.9. The smallest absolute Gasteiger partial charge is 0.201 e. The zero-order valence-electron chi connectivity index (χ0n) is 22.2. The molecule has 0 bridgehead atoms. The molecule has 0 atom stereocenters. The van der Waals surface area contributed by atoms with Crippen molar-refractivity contribution in [3.8, 4) is 5.75 Å². The van der Waals surface area contributed by atoms with Crippen LogP contribution >= 0.6 is 11.6 Å². The summed E-state index contributed by atoms with van der Waals surface area (Å²) in [7, 11) is 3.01. The Hall–Kier alpha value is -4.90. The third-order valence-electron chi connectivity index (χ3n) is 6.22. The number of methoxy groups -OCH3 is 1. The number of likely N-dealkylation sites (N-methyl/N-ethyl adjacent to an activating group) is 1. The summed E-state index contributed by atoms with van der Waals surface area (Å²) in [5.74, 6) is -2.38. The molecule has 41 heavy (non-hydrogen) atoms. The molecular weight excluding hydrogens is 552 g/mol. The summed E-state index contributed by atoms with van der Waals surface area (Å²) in [6.45, 7) is 0.0239.